The van der Waals surface area contributed by atoms with Gasteiger partial charge < -0.3 is 9.52 Å². The molecule has 0 saturated heterocycles. The van der Waals surface area contributed by atoms with Crippen LogP contribution >= 0.6 is 11.8 Å². The van der Waals surface area contributed by atoms with Crippen molar-refractivity contribution in [2.75, 3.05) is 5.75 Å². The van der Waals surface area contributed by atoms with Crippen molar-refractivity contribution in [3.63, 3.8) is 0 Å². The molecule has 0 saturated carbocycles. The maximum absolute atomic E-state index is 10.5. The molecule has 1 heterocycles. The highest BCUT2D eigenvalue weighted by molar-refractivity contribution is 7.98. The largest absolute Gasteiger partial charge is 0.475 e. The van der Waals surface area contributed by atoms with Crippen LogP contribution in [0.25, 0.3) is 0 Å². The van der Waals surface area contributed by atoms with Crippen LogP contribution in [0.5, 0.6) is 0 Å². The number of terminal acetylenes is 1. The molecule has 0 radical (unpaired) electrons. The van der Waals surface area contributed by atoms with Crippen LogP contribution in [0, 0.1) is 12.3 Å². The summed E-state index contributed by atoms with van der Waals surface area (Å²) in [7, 11) is 0. The first kappa shape index (κ1) is 10.7. The van der Waals surface area contributed by atoms with Gasteiger partial charge in [-0.15, -0.1) is 12.3 Å². The van der Waals surface area contributed by atoms with Crippen LogP contribution in [0.2, 0.25) is 0 Å². The van der Waals surface area contributed by atoms with E-state index < -0.39 is 5.97 Å². The molecular formula is C10H10O3S. The second-order valence-corrected chi connectivity index (χ2v) is 3.68. The molecule has 0 amide bonds. The Morgan fingerprint density at radius 1 is 1.64 bits per heavy atom. The number of carbonyl (C=O) groups is 1. The number of carboxylic acid groups (broad SMARTS) is 1. The predicted molar refractivity (Wildman–Crippen MR) is 55.3 cm³/mol. The van der Waals surface area contributed by atoms with Crippen LogP contribution < -0.4 is 0 Å². The van der Waals surface area contributed by atoms with Crippen LogP contribution in [-0.2, 0) is 5.75 Å². The topological polar surface area (TPSA) is 50.4 Å². The molecular weight excluding hydrogens is 200 g/mol. The summed E-state index contributed by atoms with van der Waals surface area (Å²) in [6.07, 6.45) is 5.81. The van der Waals surface area contributed by atoms with Crippen LogP contribution in [0.15, 0.2) is 16.5 Å². The average Bonchev–Trinajstić information content (AvgIpc) is 2.61. The Labute approximate surface area is 86.5 Å². The lowest BCUT2D eigenvalue weighted by Crippen LogP contribution is -1.91. The first-order chi connectivity index (χ1) is 6.74. The molecule has 0 bridgehead atoms. The molecule has 0 aromatic carbocycles. The summed E-state index contributed by atoms with van der Waals surface area (Å²) in [6, 6.07) is 3.13. The monoisotopic (exact) mass is 210 g/mol. The summed E-state index contributed by atoms with van der Waals surface area (Å²) >= 11 is 1.63. The second kappa shape index (κ2) is 5.40. The van der Waals surface area contributed by atoms with E-state index >= 15 is 0 Å². The molecule has 1 aromatic rings. The zero-order chi connectivity index (χ0) is 10.4. The minimum atomic E-state index is -1.04. The summed E-state index contributed by atoms with van der Waals surface area (Å²) in [4.78, 5) is 10.5. The van der Waals surface area contributed by atoms with Crippen LogP contribution in [0.3, 0.4) is 0 Å². The van der Waals surface area contributed by atoms with Gasteiger partial charge in [-0.05, 0) is 12.1 Å². The van der Waals surface area contributed by atoms with Crippen molar-refractivity contribution in [1.29, 1.82) is 0 Å². The van der Waals surface area contributed by atoms with Crippen molar-refractivity contribution in [3.05, 3.63) is 23.7 Å². The Kier molecular flexibility index (Phi) is 4.14. The van der Waals surface area contributed by atoms with E-state index in [1.807, 2.05) is 0 Å². The summed E-state index contributed by atoms with van der Waals surface area (Å²) in [5, 5.41) is 8.58. The van der Waals surface area contributed by atoms with E-state index in [-0.39, 0.29) is 5.76 Å². The molecule has 1 rings (SSSR count). The molecule has 0 spiro atoms. The molecule has 0 unspecified atom stereocenters. The van der Waals surface area contributed by atoms with Crippen molar-refractivity contribution in [2.45, 2.75) is 12.2 Å². The van der Waals surface area contributed by atoms with Gasteiger partial charge in [0.2, 0.25) is 5.76 Å². The van der Waals surface area contributed by atoms with Gasteiger partial charge in [0.15, 0.2) is 0 Å². The number of furan rings is 1. The fourth-order valence-corrected chi connectivity index (χ4v) is 1.64. The van der Waals surface area contributed by atoms with Crippen molar-refractivity contribution < 1.29 is 14.3 Å². The molecule has 4 heteroatoms. The van der Waals surface area contributed by atoms with Crippen molar-refractivity contribution in [2.24, 2.45) is 0 Å². The van der Waals surface area contributed by atoms with Crippen LogP contribution in [0.4, 0.5) is 0 Å². The maximum Gasteiger partial charge on any atom is 0.371 e. The summed E-state index contributed by atoms with van der Waals surface area (Å²) in [5.74, 6) is 3.67. The number of rotatable bonds is 5. The fraction of sp³-hybridized carbons (Fsp3) is 0.300. The summed E-state index contributed by atoms with van der Waals surface area (Å²) in [5.41, 5.74) is 0. The van der Waals surface area contributed by atoms with Gasteiger partial charge in [-0.25, -0.2) is 4.79 Å². The Morgan fingerprint density at radius 2 is 2.43 bits per heavy atom. The molecule has 0 fully saturated rings. The van der Waals surface area contributed by atoms with E-state index in [1.54, 1.807) is 17.8 Å². The van der Waals surface area contributed by atoms with Crippen molar-refractivity contribution in [3.8, 4) is 12.3 Å². The molecule has 0 aliphatic carbocycles. The lowest BCUT2D eigenvalue weighted by Gasteiger charge is -1.94. The molecule has 1 N–H and O–H groups in total. The highest BCUT2D eigenvalue weighted by Gasteiger charge is 2.08. The van der Waals surface area contributed by atoms with Crippen LogP contribution in [0.1, 0.15) is 22.7 Å². The van der Waals surface area contributed by atoms with E-state index in [9.17, 15) is 4.79 Å². The normalized spacial score (nSPS) is 9.64. The first-order valence-electron chi connectivity index (χ1n) is 4.07. The van der Waals surface area contributed by atoms with Gasteiger partial charge in [-0.3, -0.25) is 0 Å². The number of carboxylic acids is 1. The number of aromatic carboxylic acids is 1. The van der Waals surface area contributed by atoms with Gasteiger partial charge >= 0.3 is 5.97 Å². The smallest absolute Gasteiger partial charge is 0.371 e. The zero-order valence-electron chi connectivity index (χ0n) is 7.53. The van der Waals surface area contributed by atoms with Crippen molar-refractivity contribution in [1.82, 2.24) is 0 Å². The van der Waals surface area contributed by atoms with Gasteiger partial charge in [0.1, 0.15) is 5.76 Å². The third kappa shape index (κ3) is 3.19. The van der Waals surface area contributed by atoms with Gasteiger partial charge in [0.05, 0.1) is 5.75 Å². The molecule has 0 aliphatic rings. The average molecular weight is 210 g/mol. The predicted octanol–water partition coefficient (Wildman–Crippen LogP) is 2.23. The van der Waals surface area contributed by atoms with Gasteiger partial charge in [0, 0.05) is 12.2 Å². The third-order valence-electron chi connectivity index (χ3n) is 1.51. The third-order valence-corrected chi connectivity index (χ3v) is 2.49. The molecule has 74 valence electrons. The highest BCUT2D eigenvalue weighted by Crippen LogP contribution is 2.15. The molecule has 14 heavy (non-hydrogen) atoms. The Balaban J connectivity index is 2.37. The van der Waals surface area contributed by atoms with Crippen molar-refractivity contribution >= 4 is 17.7 Å². The van der Waals surface area contributed by atoms with E-state index in [2.05, 4.69) is 5.92 Å². The van der Waals surface area contributed by atoms with E-state index in [0.717, 1.165) is 12.2 Å². The van der Waals surface area contributed by atoms with Gasteiger partial charge in [-0.1, -0.05) is 0 Å². The molecule has 0 atom stereocenters. The Hall–Kier alpha value is -1.34. The second-order valence-electron chi connectivity index (χ2n) is 2.58. The SMILES string of the molecule is C#CCCSCc1ccc(C(=O)O)o1. The van der Waals surface area contributed by atoms with Crippen LogP contribution in [-0.4, -0.2) is 16.8 Å². The maximum atomic E-state index is 10.5. The fourth-order valence-electron chi connectivity index (χ4n) is 0.874. The zero-order valence-corrected chi connectivity index (χ0v) is 8.34. The first-order valence-corrected chi connectivity index (χ1v) is 5.22. The number of hydrogen-bond acceptors (Lipinski definition) is 3. The lowest BCUT2D eigenvalue weighted by molar-refractivity contribution is 0.0661. The summed E-state index contributed by atoms with van der Waals surface area (Å²) < 4.78 is 5.05. The standard InChI is InChI=1S/C10H10O3S/c1-2-3-6-14-7-8-4-5-9(13-8)10(11)12/h1,4-5H,3,6-7H2,(H,11,12). The van der Waals surface area contributed by atoms with Gasteiger partial charge in [-0.2, -0.15) is 11.8 Å². The van der Waals surface area contributed by atoms with Gasteiger partial charge in [0.25, 0.3) is 0 Å². The van der Waals surface area contributed by atoms with E-state index in [0.29, 0.717) is 11.5 Å². The molecule has 0 aliphatic heterocycles. The van der Waals surface area contributed by atoms with E-state index in [1.165, 1.54) is 6.07 Å². The Morgan fingerprint density at radius 3 is 3.00 bits per heavy atom. The summed E-state index contributed by atoms with van der Waals surface area (Å²) in [6.45, 7) is 0. The molecule has 3 nitrogen and oxygen atoms in total. The minimum absolute atomic E-state index is 0.0162. The van der Waals surface area contributed by atoms with E-state index in [4.69, 9.17) is 15.9 Å². The Bertz CT molecular complexity index is 348. The quantitative estimate of drug-likeness (QED) is 0.598. The highest BCUT2D eigenvalue weighted by atomic mass is 32.2. The molecule has 1 aromatic heterocycles. The minimum Gasteiger partial charge on any atom is -0.475 e. The number of thioether (sulfide) groups is 1. The number of hydrogen-bond donors (Lipinski definition) is 1. The lowest BCUT2D eigenvalue weighted by atomic mass is 10.4.